The van der Waals surface area contributed by atoms with Crippen LogP contribution >= 0.6 is 11.6 Å². The molecule has 1 aromatic carbocycles. The molecule has 0 bridgehead atoms. The van der Waals surface area contributed by atoms with Crippen LogP contribution in [-0.2, 0) is 4.74 Å². The van der Waals surface area contributed by atoms with Gasteiger partial charge in [-0.25, -0.2) is 8.78 Å². The highest BCUT2D eigenvalue weighted by Gasteiger charge is 2.30. The Bertz CT molecular complexity index is 519. The van der Waals surface area contributed by atoms with Crippen molar-refractivity contribution in [2.45, 2.75) is 18.4 Å². The van der Waals surface area contributed by atoms with Crippen molar-refractivity contribution in [2.24, 2.45) is 0 Å². The number of aliphatic hydroxyl groups is 1. The largest absolute Gasteiger partial charge is 0.388 e. The molecule has 1 aliphatic rings. The summed E-state index contributed by atoms with van der Waals surface area (Å²) < 4.78 is 31.9. The van der Waals surface area contributed by atoms with Gasteiger partial charge in [-0.05, 0) is 12.1 Å². The Hall–Kier alpha value is -1.24. The number of nitrogens with one attached hydrogen (secondary N) is 1. The van der Waals surface area contributed by atoms with Crippen molar-refractivity contribution >= 4 is 17.5 Å². The zero-order chi connectivity index (χ0) is 14.8. The van der Waals surface area contributed by atoms with Gasteiger partial charge in [-0.3, -0.25) is 4.79 Å². The van der Waals surface area contributed by atoms with E-state index in [-0.39, 0.29) is 11.6 Å². The fourth-order valence-electron chi connectivity index (χ4n) is 1.96. The molecule has 1 aliphatic heterocycles. The van der Waals surface area contributed by atoms with Gasteiger partial charge in [0.2, 0.25) is 0 Å². The summed E-state index contributed by atoms with van der Waals surface area (Å²) in [4.78, 5) is 11.8. The molecular weight excluding hydrogens is 292 g/mol. The zero-order valence-corrected chi connectivity index (χ0v) is 11.3. The Morgan fingerprint density at radius 2 is 2.00 bits per heavy atom. The first-order valence-electron chi connectivity index (χ1n) is 6.14. The maximum Gasteiger partial charge on any atom is 0.254 e. The normalized spacial score (nSPS) is 17.8. The minimum Gasteiger partial charge on any atom is -0.388 e. The third-order valence-electron chi connectivity index (χ3n) is 3.26. The molecule has 0 radical (unpaired) electrons. The fourth-order valence-corrected chi connectivity index (χ4v) is 2.12. The second-order valence-electron chi connectivity index (χ2n) is 4.77. The van der Waals surface area contributed by atoms with E-state index >= 15 is 0 Å². The van der Waals surface area contributed by atoms with Crippen molar-refractivity contribution in [1.82, 2.24) is 5.32 Å². The average molecular weight is 306 g/mol. The van der Waals surface area contributed by atoms with E-state index < -0.39 is 28.7 Å². The van der Waals surface area contributed by atoms with Gasteiger partial charge in [0.25, 0.3) is 5.91 Å². The molecule has 1 aromatic rings. The predicted octanol–water partition coefficient (Wildman–Crippen LogP) is 1.89. The average Bonchev–Trinajstić information content (AvgIpc) is 2.41. The van der Waals surface area contributed by atoms with Crippen LogP contribution in [0.4, 0.5) is 8.78 Å². The maximum absolute atomic E-state index is 13.5. The predicted molar refractivity (Wildman–Crippen MR) is 68.7 cm³/mol. The summed E-state index contributed by atoms with van der Waals surface area (Å²) in [6.07, 6.45) is 0.759. The third-order valence-corrected chi connectivity index (χ3v) is 3.55. The number of ether oxygens (including phenoxy) is 1. The number of amides is 1. The number of rotatable bonds is 3. The lowest BCUT2D eigenvalue weighted by atomic mass is 9.94. The van der Waals surface area contributed by atoms with Gasteiger partial charge in [-0.15, -0.1) is 0 Å². The summed E-state index contributed by atoms with van der Waals surface area (Å²) in [5, 5.41) is 12.2. The van der Waals surface area contributed by atoms with Gasteiger partial charge < -0.3 is 15.2 Å². The first-order chi connectivity index (χ1) is 9.41. The molecule has 20 heavy (non-hydrogen) atoms. The van der Waals surface area contributed by atoms with Crippen LogP contribution in [0.5, 0.6) is 0 Å². The summed E-state index contributed by atoms with van der Waals surface area (Å²) in [7, 11) is 0. The van der Waals surface area contributed by atoms with Crippen LogP contribution in [0.15, 0.2) is 12.1 Å². The summed E-state index contributed by atoms with van der Waals surface area (Å²) in [5.41, 5.74) is -1.52. The first-order valence-corrected chi connectivity index (χ1v) is 6.52. The smallest absolute Gasteiger partial charge is 0.254 e. The maximum atomic E-state index is 13.5. The van der Waals surface area contributed by atoms with E-state index in [4.69, 9.17) is 16.3 Å². The number of hydrogen-bond acceptors (Lipinski definition) is 3. The third kappa shape index (κ3) is 3.45. The zero-order valence-electron chi connectivity index (χ0n) is 10.6. The summed E-state index contributed by atoms with van der Waals surface area (Å²) >= 11 is 5.41. The van der Waals surface area contributed by atoms with E-state index in [1.54, 1.807) is 0 Å². The molecule has 0 aromatic heterocycles. The Kier molecular flexibility index (Phi) is 4.57. The van der Waals surface area contributed by atoms with Crippen molar-refractivity contribution in [3.05, 3.63) is 34.4 Å². The number of benzene rings is 1. The highest BCUT2D eigenvalue weighted by Crippen LogP contribution is 2.21. The summed E-state index contributed by atoms with van der Waals surface area (Å²) in [6.45, 7) is 0.755. The Labute approximate surface area is 119 Å². The summed E-state index contributed by atoms with van der Waals surface area (Å²) in [6, 6.07) is 1.48. The minimum absolute atomic E-state index is 0.0428. The minimum atomic E-state index is -1.07. The van der Waals surface area contributed by atoms with Crippen LogP contribution in [0, 0.1) is 11.6 Å². The Morgan fingerprint density at radius 1 is 1.35 bits per heavy atom. The van der Waals surface area contributed by atoms with E-state index in [0.29, 0.717) is 26.1 Å². The molecule has 0 aliphatic carbocycles. The monoisotopic (exact) mass is 305 g/mol. The summed E-state index contributed by atoms with van der Waals surface area (Å²) in [5.74, 6) is -2.58. The lowest BCUT2D eigenvalue weighted by Crippen LogP contribution is -2.46. The second-order valence-corrected chi connectivity index (χ2v) is 5.17. The highest BCUT2D eigenvalue weighted by molar-refractivity contribution is 6.30. The number of hydrogen-bond donors (Lipinski definition) is 2. The molecule has 0 unspecified atom stereocenters. The van der Waals surface area contributed by atoms with Crippen molar-refractivity contribution in [3.8, 4) is 0 Å². The van der Waals surface area contributed by atoms with Gasteiger partial charge in [0.15, 0.2) is 0 Å². The van der Waals surface area contributed by atoms with Gasteiger partial charge in [-0.2, -0.15) is 0 Å². The van der Waals surface area contributed by atoms with Crippen LogP contribution < -0.4 is 5.32 Å². The van der Waals surface area contributed by atoms with Crippen molar-refractivity contribution in [3.63, 3.8) is 0 Å². The van der Waals surface area contributed by atoms with Crippen LogP contribution in [0.2, 0.25) is 5.02 Å². The molecule has 7 heteroatoms. The van der Waals surface area contributed by atoms with E-state index in [0.717, 1.165) is 12.1 Å². The molecular formula is C13H14ClF2NO3. The molecule has 2 N–H and O–H groups in total. The molecule has 1 amide bonds. The van der Waals surface area contributed by atoms with Gasteiger partial charge in [-0.1, -0.05) is 11.6 Å². The van der Waals surface area contributed by atoms with E-state index in [9.17, 15) is 18.7 Å². The molecule has 110 valence electrons. The molecule has 4 nitrogen and oxygen atoms in total. The Balaban J connectivity index is 2.03. The number of carbonyl (C=O) groups is 1. The fraction of sp³-hybridized carbons (Fsp3) is 0.462. The standard InChI is InChI=1S/C13H14ClF2NO3/c14-9-6-10(15)8(5-11(9)16)12(18)17-7-13(19)1-3-20-4-2-13/h5-6,19H,1-4,7H2,(H,17,18). The number of halogens is 3. The SMILES string of the molecule is O=C(NCC1(O)CCOCC1)c1cc(F)c(Cl)cc1F. The Morgan fingerprint density at radius 3 is 2.65 bits per heavy atom. The molecule has 2 rings (SSSR count). The molecule has 1 fully saturated rings. The molecule has 0 saturated carbocycles. The van der Waals surface area contributed by atoms with Crippen LogP contribution in [0.3, 0.4) is 0 Å². The second kappa shape index (κ2) is 6.03. The topological polar surface area (TPSA) is 58.6 Å². The van der Waals surface area contributed by atoms with Crippen LogP contribution in [0.25, 0.3) is 0 Å². The molecule has 0 atom stereocenters. The van der Waals surface area contributed by atoms with E-state index in [1.165, 1.54) is 0 Å². The highest BCUT2D eigenvalue weighted by atomic mass is 35.5. The van der Waals surface area contributed by atoms with Gasteiger partial charge in [0.1, 0.15) is 11.6 Å². The van der Waals surface area contributed by atoms with E-state index in [2.05, 4.69) is 5.32 Å². The molecule has 0 spiro atoms. The first kappa shape index (κ1) is 15.2. The van der Waals surface area contributed by atoms with E-state index in [1.807, 2.05) is 0 Å². The van der Waals surface area contributed by atoms with Crippen molar-refractivity contribution < 1.29 is 23.4 Å². The number of carbonyl (C=O) groups excluding carboxylic acids is 1. The van der Waals surface area contributed by atoms with Crippen LogP contribution in [-0.4, -0.2) is 36.4 Å². The van der Waals surface area contributed by atoms with Crippen molar-refractivity contribution in [1.29, 1.82) is 0 Å². The van der Waals surface area contributed by atoms with Gasteiger partial charge in [0, 0.05) is 32.6 Å². The molecule has 1 saturated heterocycles. The lowest BCUT2D eigenvalue weighted by Gasteiger charge is -2.32. The quantitative estimate of drug-likeness (QED) is 0.839. The van der Waals surface area contributed by atoms with Gasteiger partial charge >= 0.3 is 0 Å². The van der Waals surface area contributed by atoms with Crippen molar-refractivity contribution in [2.75, 3.05) is 19.8 Å². The molecule has 1 heterocycles. The lowest BCUT2D eigenvalue weighted by molar-refractivity contribution is -0.0605. The van der Waals surface area contributed by atoms with Crippen LogP contribution in [0.1, 0.15) is 23.2 Å². The van der Waals surface area contributed by atoms with Gasteiger partial charge in [0.05, 0.1) is 16.2 Å².